The second kappa shape index (κ2) is 26.1. The van der Waals surface area contributed by atoms with Gasteiger partial charge in [0, 0.05) is 51.9 Å². The van der Waals surface area contributed by atoms with Crippen LogP contribution in [0.1, 0.15) is 89.7 Å². The maximum absolute atomic E-state index is 13.6. The number of nitrogens with one attached hydrogen (secondary N) is 4. The van der Waals surface area contributed by atoms with E-state index in [0.29, 0.717) is 41.7 Å². The van der Waals surface area contributed by atoms with Gasteiger partial charge in [-0.25, -0.2) is 0 Å². The first kappa shape index (κ1) is 55.5. The number of carbonyl (C=O) groups excluding carboxylic acids is 6. The summed E-state index contributed by atoms with van der Waals surface area (Å²) in [5.74, 6) is -3.00. The van der Waals surface area contributed by atoms with Crippen molar-refractivity contribution in [1.82, 2.24) is 0 Å². The first-order chi connectivity index (χ1) is 33.9. The van der Waals surface area contributed by atoms with Crippen LogP contribution in [0, 0.1) is 0 Å². The average Bonchev–Trinajstić information content (AvgIpc) is 3.31. The van der Waals surface area contributed by atoms with Gasteiger partial charge in [-0.05, 0) is 108 Å². The van der Waals surface area contributed by atoms with Gasteiger partial charge in [0.1, 0.15) is 22.9 Å². The number of anilines is 4. The Balaban J connectivity index is 1.27. The number of ketones is 2. The van der Waals surface area contributed by atoms with Crippen LogP contribution in [0.5, 0.6) is 11.5 Å². The van der Waals surface area contributed by atoms with Crippen molar-refractivity contribution >= 4 is 127 Å². The Bertz CT molecular complexity index is 2880. The number of amides is 4. The number of benzene rings is 5. The maximum Gasteiger partial charge on any atom is 0.258 e. The van der Waals surface area contributed by atoms with Crippen molar-refractivity contribution in [1.29, 1.82) is 0 Å². The summed E-state index contributed by atoms with van der Waals surface area (Å²) in [6, 6.07) is 20.2. The lowest BCUT2D eigenvalue weighted by Gasteiger charge is -2.16. The van der Waals surface area contributed by atoms with Crippen molar-refractivity contribution in [2.24, 2.45) is 20.5 Å². The molecule has 4 amide bonds. The molecule has 0 fully saturated rings. The molecule has 0 saturated carbocycles. The van der Waals surface area contributed by atoms with Gasteiger partial charge in [0.2, 0.25) is 12.1 Å². The molecule has 16 nitrogen and oxygen atoms in total. The van der Waals surface area contributed by atoms with Gasteiger partial charge in [0.25, 0.3) is 23.6 Å². The Morgan fingerprint density at radius 3 is 1.41 bits per heavy atom. The van der Waals surface area contributed by atoms with Gasteiger partial charge in [-0.1, -0.05) is 47.5 Å². The van der Waals surface area contributed by atoms with Crippen LogP contribution in [-0.2, 0) is 25.6 Å². The smallest absolute Gasteiger partial charge is 0.258 e. The zero-order valence-corrected chi connectivity index (χ0v) is 43.0. The van der Waals surface area contributed by atoms with Gasteiger partial charge in [-0.3, -0.25) is 28.8 Å². The summed E-state index contributed by atoms with van der Waals surface area (Å²) in [4.78, 5) is 79.2. The third-order valence-electron chi connectivity index (χ3n) is 10.3. The van der Waals surface area contributed by atoms with Crippen LogP contribution in [0.3, 0.4) is 0 Å². The highest BCUT2D eigenvalue weighted by molar-refractivity contribution is 6.37. The highest BCUT2D eigenvalue weighted by Gasteiger charge is 2.27. The number of ether oxygens (including phenoxy) is 2. The van der Waals surface area contributed by atoms with E-state index in [4.69, 9.17) is 67.5 Å². The van der Waals surface area contributed by atoms with Crippen molar-refractivity contribution in [3.05, 3.63) is 129 Å². The van der Waals surface area contributed by atoms with Gasteiger partial charge in [0.15, 0.2) is 11.6 Å². The molecule has 0 saturated heterocycles. The van der Waals surface area contributed by atoms with Gasteiger partial charge < -0.3 is 30.7 Å². The minimum absolute atomic E-state index is 0.0163. The van der Waals surface area contributed by atoms with E-state index in [2.05, 4.69) is 41.7 Å². The van der Waals surface area contributed by atoms with Gasteiger partial charge in [-0.2, -0.15) is 20.5 Å². The minimum atomic E-state index is -1.64. The molecule has 21 heteroatoms. The number of rotatable bonds is 22. The Morgan fingerprint density at radius 1 is 0.577 bits per heavy atom. The number of carbonyl (C=O) groups is 6. The Labute approximate surface area is 435 Å². The molecule has 4 N–H and O–H groups in total. The molecule has 5 aromatic rings. The first-order valence-corrected chi connectivity index (χ1v) is 24.2. The van der Waals surface area contributed by atoms with Crippen LogP contribution in [0.2, 0.25) is 10.0 Å². The molecular weight excluding hydrogens is 1020 g/mol. The third kappa shape index (κ3) is 14.8. The Kier molecular flexibility index (Phi) is 20.4. The predicted molar refractivity (Wildman–Crippen MR) is 279 cm³/mol. The molecule has 0 spiro atoms. The van der Waals surface area contributed by atoms with Crippen molar-refractivity contribution in [3.8, 4) is 11.5 Å². The van der Waals surface area contributed by atoms with Crippen molar-refractivity contribution < 1.29 is 38.2 Å². The second-order valence-corrected chi connectivity index (χ2v) is 18.0. The lowest BCUT2D eigenvalue weighted by molar-refractivity contribution is -0.127. The second-order valence-electron chi connectivity index (χ2n) is 15.5. The summed E-state index contributed by atoms with van der Waals surface area (Å²) in [5, 5.41) is 26.2. The molecule has 0 bridgehead atoms. The number of hydrogen-bond acceptors (Lipinski definition) is 12. The molecule has 4 unspecified atom stereocenters. The molecule has 5 rings (SSSR count). The number of halogens is 5. The van der Waals surface area contributed by atoms with Crippen LogP contribution in [0.25, 0.3) is 0 Å². The lowest BCUT2D eigenvalue weighted by Crippen LogP contribution is -2.32. The van der Waals surface area contributed by atoms with Crippen LogP contribution in [0.15, 0.2) is 111 Å². The van der Waals surface area contributed by atoms with E-state index in [9.17, 15) is 28.8 Å². The molecule has 0 radical (unpaired) electrons. The largest absolute Gasteiger partial charge is 0.493 e. The average molecular weight is 1070 g/mol. The lowest BCUT2D eigenvalue weighted by atomic mass is 10.1. The quantitative estimate of drug-likeness (QED) is 0.0296. The molecule has 0 aliphatic rings. The normalized spacial score (nSPS) is 12.9. The number of hydrogen-bond donors (Lipinski definition) is 4. The summed E-state index contributed by atoms with van der Waals surface area (Å²) in [7, 11) is 0. The highest BCUT2D eigenvalue weighted by Crippen LogP contribution is 2.36. The van der Waals surface area contributed by atoms with E-state index in [1.807, 2.05) is 13.8 Å². The first-order valence-electron chi connectivity index (χ1n) is 22.0. The fraction of sp³-hybridized carbons (Fsp3) is 0.280. The molecule has 0 aliphatic carbocycles. The fourth-order valence-electron chi connectivity index (χ4n) is 6.77. The summed E-state index contributed by atoms with van der Waals surface area (Å²) < 4.78 is 11.4. The van der Waals surface area contributed by atoms with E-state index in [-0.39, 0.29) is 67.0 Å². The van der Waals surface area contributed by atoms with E-state index < -0.39 is 47.3 Å². The van der Waals surface area contributed by atoms with Gasteiger partial charge in [-0.15, -0.1) is 34.8 Å². The number of aryl methyl sites for hydroxylation is 1. The van der Waals surface area contributed by atoms with Crippen molar-refractivity contribution in [2.45, 2.75) is 70.8 Å². The zero-order valence-electron chi connectivity index (χ0n) is 39.2. The molecule has 372 valence electrons. The number of Topliss-reactive ketones (excluding diaryl/α,β-unsaturated/α-hetero) is 2. The molecule has 0 heterocycles. The minimum Gasteiger partial charge on any atom is -0.493 e. The summed E-state index contributed by atoms with van der Waals surface area (Å²) in [6.07, 6.45) is 0.199. The molecule has 4 atom stereocenters. The van der Waals surface area contributed by atoms with Crippen molar-refractivity contribution in [3.63, 3.8) is 0 Å². The van der Waals surface area contributed by atoms with Crippen LogP contribution >= 0.6 is 58.0 Å². The number of nitrogens with zero attached hydrogens (tertiary/aromatic N) is 4. The molecule has 71 heavy (non-hydrogen) atoms. The fourth-order valence-corrected chi connectivity index (χ4v) is 7.84. The van der Waals surface area contributed by atoms with Gasteiger partial charge >= 0.3 is 0 Å². The molecule has 0 aliphatic heterocycles. The third-order valence-corrected chi connectivity index (χ3v) is 11.7. The standard InChI is InChI=1S/C50H49Cl5N8O8/c1-7-70-41-24-32(15-18-34(41)26(3)52)56-47(66)36-11-9-13-39(43(36)54)60-62-45(28(5)64)49(68)58-31-17-20-38(30(23-31)21-22-51)59-50(69)46(29(6)65)63-61-40-14-10-12-37(44(40)55)48(67)57-33-16-19-35(27(4)53)42(25-33)71-8-2/h9-20,23-27,45-46H,7-8,21-22H2,1-6H3,(H,56,66)(H,57,67)(H,58,68)(H,59,69). The number of alkyl halides is 3. The summed E-state index contributed by atoms with van der Waals surface area (Å²) >= 11 is 31.9. The Hall–Kier alpha value is -6.43. The zero-order chi connectivity index (χ0) is 51.9. The van der Waals surface area contributed by atoms with Crippen LogP contribution in [0.4, 0.5) is 34.1 Å². The molecule has 0 aromatic heterocycles. The van der Waals surface area contributed by atoms with Crippen LogP contribution in [-0.4, -0.2) is 66.4 Å². The SMILES string of the molecule is CCOc1cc(NC(=O)c2cccc(N=NC(C(C)=O)C(=O)Nc3ccc(NC(=O)C(N=Nc4cccc(C(=O)Nc5ccc(C(C)Cl)c(OCC)c5)c4Cl)C(C)=O)c(CCCl)c3)c2Cl)ccc1C(C)Cl. The predicted octanol–water partition coefficient (Wildman–Crippen LogP) is 13.0. The Morgan fingerprint density at radius 2 is 1.00 bits per heavy atom. The van der Waals surface area contributed by atoms with Gasteiger partial charge in [0.05, 0.1) is 45.1 Å². The van der Waals surface area contributed by atoms with Crippen molar-refractivity contribution in [2.75, 3.05) is 40.4 Å². The maximum atomic E-state index is 13.6. The van der Waals surface area contributed by atoms with E-state index in [1.54, 1.807) is 50.2 Å². The van der Waals surface area contributed by atoms with Crippen LogP contribution < -0.4 is 30.7 Å². The monoisotopic (exact) mass is 1060 g/mol. The van der Waals surface area contributed by atoms with E-state index in [0.717, 1.165) is 25.0 Å². The summed E-state index contributed by atoms with van der Waals surface area (Å²) in [6.45, 7) is 10.4. The summed E-state index contributed by atoms with van der Waals surface area (Å²) in [5.41, 5.74) is 3.39. The highest BCUT2D eigenvalue weighted by atomic mass is 35.5. The van der Waals surface area contributed by atoms with E-state index >= 15 is 0 Å². The van der Waals surface area contributed by atoms with E-state index in [1.165, 1.54) is 54.6 Å². The molecule has 5 aromatic carbocycles. The molecular formula is C50H49Cl5N8O8. The number of azo groups is 2. The topological polar surface area (TPSA) is 218 Å².